The van der Waals surface area contributed by atoms with Crippen molar-refractivity contribution in [2.75, 3.05) is 30.9 Å². The minimum atomic E-state index is -0.394. The number of unbranched alkanes of at least 4 members (excludes halogenated alkanes) is 2. The summed E-state index contributed by atoms with van der Waals surface area (Å²) in [6, 6.07) is 0. The van der Waals surface area contributed by atoms with Crippen molar-refractivity contribution < 1.29 is 0 Å². The second-order valence-corrected chi connectivity index (χ2v) is 3.76. The van der Waals surface area contributed by atoms with Crippen LogP contribution in [0.15, 0.2) is 9.59 Å². The molecule has 0 atom stereocenters. The Morgan fingerprint density at radius 2 is 1.71 bits per heavy atom. The third-order valence-corrected chi connectivity index (χ3v) is 2.61. The number of nitrogens with one attached hydrogen (secondary N) is 1. The van der Waals surface area contributed by atoms with Crippen molar-refractivity contribution in [3.63, 3.8) is 0 Å². The second-order valence-electron chi connectivity index (χ2n) is 3.76. The Hall–Kier alpha value is -1.32. The van der Waals surface area contributed by atoms with Crippen LogP contribution in [0.5, 0.6) is 0 Å². The fraction of sp³-hybridized carbons (Fsp3) is 0.692. The summed E-state index contributed by atoms with van der Waals surface area (Å²) in [4.78, 5) is 24.3. The molecular formula is C13H24N2O2. The van der Waals surface area contributed by atoms with Gasteiger partial charge in [-0.25, -0.2) is 0 Å². The van der Waals surface area contributed by atoms with Gasteiger partial charge in [0.2, 0.25) is 0 Å². The Balaban J connectivity index is 0.00000121. The average Bonchev–Trinajstić information content (AvgIpc) is 2.36. The zero-order valence-corrected chi connectivity index (χ0v) is 11.6. The molecule has 0 fully saturated rings. The Morgan fingerprint density at radius 3 is 2.18 bits per heavy atom. The number of hydrogen-bond acceptors (Lipinski definition) is 4. The summed E-state index contributed by atoms with van der Waals surface area (Å²) in [6.07, 6.45) is 3.35. The fourth-order valence-electron chi connectivity index (χ4n) is 1.69. The molecule has 0 radical (unpaired) electrons. The predicted molar refractivity (Wildman–Crippen MR) is 75.0 cm³/mol. The highest BCUT2D eigenvalue weighted by molar-refractivity contribution is 5.74. The molecule has 1 N–H and O–H groups in total. The highest BCUT2D eigenvalue weighted by Gasteiger charge is 2.22. The molecule has 0 aliphatic heterocycles. The van der Waals surface area contributed by atoms with Gasteiger partial charge in [-0.3, -0.25) is 9.59 Å². The molecule has 0 bridgehead atoms. The standard InChI is InChI=1S/C11H18N2O2.C2H6/c1-4-5-6-7-13(3)9-8(12-2)10(14)11(9)15;1-2/h12H,4-7H2,1-3H3;1-2H3. The van der Waals surface area contributed by atoms with Crippen LogP contribution in [0, 0.1) is 0 Å². The first kappa shape index (κ1) is 15.7. The van der Waals surface area contributed by atoms with Gasteiger partial charge in [-0.2, -0.15) is 0 Å². The van der Waals surface area contributed by atoms with Crippen LogP contribution in [0.2, 0.25) is 0 Å². The van der Waals surface area contributed by atoms with Crippen molar-refractivity contribution in [3.05, 3.63) is 20.4 Å². The molecule has 0 unspecified atom stereocenters. The van der Waals surface area contributed by atoms with Gasteiger partial charge in [-0.1, -0.05) is 33.6 Å². The maximum atomic E-state index is 11.3. The molecule has 0 saturated heterocycles. The topological polar surface area (TPSA) is 49.4 Å². The zero-order chi connectivity index (χ0) is 13.4. The van der Waals surface area contributed by atoms with Crippen LogP contribution < -0.4 is 21.1 Å². The van der Waals surface area contributed by atoms with E-state index in [0.29, 0.717) is 11.4 Å². The van der Waals surface area contributed by atoms with Crippen molar-refractivity contribution in [3.8, 4) is 0 Å². The SMILES string of the molecule is CC.CCCCCN(C)c1c(NC)c(=O)c1=O. The molecule has 0 aromatic heterocycles. The van der Waals surface area contributed by atoms with E-state index in [2.05, 4.69) is 12.2 Å². The Kier molecular flexibility index (Phi) is 7.26. The zero-order valence-electron chi connectivity index (χ0n) is 11.6. The summed E-state index contributed by atoms with van der Waals surface area (Å²) in [5.41, 5.74) is 0.241. The van der Waals surface area contributed by atoms with E-state index < -0.39 is 5.43 Å². The molecule has 1 aromatic rings. The van der Waals surface area contributed by atoms with Crippen molar-refractivity contribution in [1.29, 1.82) is 0 Å². The molecule has 4 heteroatoms. The van der Waals surface area contributed by atoms with E-state index in [1.165, 1.54) is 0 Å². The third kappa shape index (κ3) is 3.58. The average molecular weight is 240 g/mol. The van der Waals surface area contributed by atoms with Crippen LogP contribution in [-0.2, 0) is 0 Å². The lowest BCUT2D eigenvalue weighted by Crippen LogP contribution is -2.41. The predicted octanol–water partition coefficient (Wildman–Crippen LogP) is 1.98. The van der Waals surface area contributed by atoms with Crippen molar-refractivity contribution >= 4 is 11.4 Å². The normalized spacial score (nSPS) is 9.71. The van der Waals surface area contributed by atoms with Gasteiger partial charge in [0.05, 0.1) is 0 Å². The van der Waals surface area contributed by atoms with Crippen molar-refractivity contribution in [2.45, 2.75) is 40.0 Å². The van der Waals surface area contributed by atoms with Crippen molar-refractivity contribution in [1.82, 2.24) is 0 Å². The van der Waals surface area contributed by atoms with Gasteiger partial charge >= 0.3 is 0 Å². The molecular weight excluding hydrogens is 216 g/mol. The van der Waals surface area contributed by atoms with Gasteiger partial charge in [-0.15, -0.1) is 0 Å². The smallest absolute Gasteiger partial charge is 0.253 e. The van der Waals surface area contributed by atoms with E-state index in [0.717, 1.165) is 25.8 Å². The molecule has 0 heterocycles. The van der Waals surface area contributed by atoms with Gasteiger partial charge in [0.25, 0.3) is 10.9 Å². The number of anilines is 2. The second kappa shape index (κ2) is 7.87. The highest BCUT2D eigenvalue weighted by atomic mass is 16.2. The van der Waals surface area contributed by atoms with E-state index in [4.69, 9.17) is 0 Å². The molecule has 0 aliphatic carbocycles. The molecule has 0 amide bonds. The molecule has 17 heavy (non-hydrogen) atoms. The minimum absolute atomic E-state index is 0.363. The Morgan fingerprint density at radius 1 is 1.12 bits per heavy atom. The lowest BCUT2D eigenvalue weighted by molar-refractivity contribution is 0.703. The van der Waals surface area contributed by atoms with Gasteiger partial charge in [0.1, 0.15) is 11.4 Å². The lowest BCUT2D eigenvalue weighted by Gasteiger charge is -2.22. The molecule has 0 aliphatic rings. The Bertz CT molecular complexity index is 392. The maximum Gasteiger partial charge on any atom is 0.253 e. The Labute approximate surface area is 103 Å². The van der Waals surface area contributed by atoms with E-state index in [1.54, 1.807) is 7.05 Å². The molecule has 4 nitrogen and oxygen atoms in total. The van der Waals surface area contributed by atoms with E-state index in [1.807, 2.05) is 25.8 Å². The van der Waals surface area contributed by atoms with Crippen molar-refractivity contribution in [2.24, 2.45) is 0 Å². The van der Waals surface area contributed by atoms with E-state index in [-0.39, 0.29) is 5.43 Å². The maximum absolute atomic E-state index is 11.3. The van der Waals surface area contributed by atoms with Gasteiger partial charge in [0.15, 0.2) is 0 Å². The van der Waals surface area contributed by atoms with Gasteiger partial charge in [0, 0.05) is 20.6 Å². The first-order chi connectivity index (χ1) is 8.13. The number of hydrogen-bond donors (Lipinski definition) is 1. The van der Waals surface area contributed by atoms with Crippen LogP contribution in [0.3, 0.4) is 0 Å². The van der Waals surface area contributed by atoms with Crippen LogP contribution >= 0.6 is 0 Å². The lowest BCUT2D eigenvalue weighted by atomic mass is 10.1. The van der Waals surface area contributed by atoms with E-state index in [9.17, 15) is 9.59 Å². The number of rotatable bonds is 6. The highest BCUT2D eigenvalue weighted by Crippen LogP contribution is 2.18. The third-order valence-electron chi connectivity index (χ3n) is 2.61. The molecule has 1 rings (SSSR count). The quantitative estimate of drug-likeness (QED) is 0.610. The first-order valence-corrected chi connectivity index (χ1v) is 6.35. The minimum Gasteiger partial charge on any atom is -0.383 e. The van der Waals surface area contributed by atoms with Gasteiger partial charge < -0.3 is 10.2 Å². The summed E-state index contributed by atoms with van der Waals surface area (Å²) in [5, 5.41) is 2.77. The monoisotopic (exact) mass is 240 g/mol. The van der Waals surface area contributed by atoms with Gasteiger partial charge in [-0.05, 0) is 6.42 Å². The molecule has 0 spiro atoms. The summed E-state index contributed by atoms with van der Waals surface area (Å²) in [6.45, 7) is 6.96. The fourth-order valence-corrected chi connectivity index (χ4v) is 1.69. The largest absolute Gasteiger partial charge is 0.383 e. The number of nitrogens with zero attached hydrogens (tertiary/aromatic N) is 1. The van der Waals surface area contributed by atoms with Crippen LogP contribution in [0.25, 0.3) is 0 Å². The summed E-state index contributed by atoms with van der Waals surface area (Å²) in [5.74, 6) is 0. The molecule has 98 valence electrons. The summed E-state index contributed by atoms with van der Waals surface area (Å²) >= 11 is 0. The van der Waals surface area contributed by atoms with E-state index >= 15 is 0 Å². The first-order valence-electron chi connectivity index (χ1n) is 6.35. The van der Waals surface area contributed by atoms with Crippen LogP contribution in [-0.4, -0.2) is 20.6 Å². The molecule has 0 saturated carbocycles. The van der Waals surface area contributed by atoms with Crippen LogP contribution in [0.4, 0.5) is 11.4 Å². The molecule has 1 aromatic carbocycles. The van der Waals surface area contributed by atoms with Crippen LogP contribution in [0.1, 0.15) is 40.0 Å². The summed E-state index contributed by atoms with van der Waals surface area (Å²) < 4.78 is 0. The summed E-state index contributed by atoms with van der Waals surface area (Å²) in [7, 11) is 3.52.